The standard InChI is InChI=1S/C11H23FNO6P/c1-5-17-11(4,18-6-2)20(16,19-7-3)10(12)8-9-13(14)15/h10H,5-9H2,1-4H3. The maximum Gasteiger partial charge on any atom is 0.293 e. The van der Waals surface area contributed by atoms with Crippen LogP contribution >= 0.6 is 7.37 Å². The van der Waals surface area contributed by atoms with Crippen LogP contribution in [0.4, 0.5) is 4.39 Å². The molecule has 0 rings (SSSR count). The van der Waals surface area contributed by atoms with Crippen molar-refractivity contribution in [1.82, 2.24) is 0 Å². The lowest BCUT2D eigenvalue weighted by atomic mass is 10.5. The van der Waals surface area contributed by atoms with E-state index in [2.05, 4.69) is 0 Å². The second-order valence-corrected chi connectivity index (χ2v) is 6.88. The van der Waals surface area contributed by atoms with Gasteiger partial charge in [0.15, 0.2) is 5.91 Å². The molecule has 0 aromatic rings. The van der Waals surface area contributed by atoms with Crippen LogP contribution in [-0.2, 0) is 18.6 Å². The predicted molar refractivity (Wildman–Crippen MR) is 72.3 cm³/mol. The van der Waals surface area contributed by atoms with Crippen LogP contribution in [0.2, 0.25) is 0 Å². The molecule has 0 heterocycles. The van der Waals surface area contributed by atoms with Crippen LogP contribution in [0, 0.1) is 10.1 Å². The molecule has 0 aromatic heterocycles. The molecular formula is C11H23FNO6P. The zero-order chi connectivity index (χ0) is 15.8. The number of hydrogen-bond acceptors (Lipinski definition) is 6. The van der Waals surface area contributed by atoms with Gasteiger partial charge in [0.1, 0.15) is 0 Å². The number of ether oxygens (including phenoxy) is 2. The van der Waals surface area contributed by atoms with Gasteiger partial charge in [0.05, 0.1) is 13.0 Å². The van der Waals surface area contributed by atoms with Gasteiger partial charge in [-0.25, -0.2) is 4.39 Å². The summed E-state index contributed by atoms with van der Waals surface area (Å²) in [6, 6.07) is 0. The predicted octanol–water partition coefficient (Wildman–Crippen LogP) is 3.01. The Morgan fingerprint density at radius 3 is 2.10 bits per heavy atom. The summed E-state index contributed by atoms with van der Waals surface area (Å²) in [5, 5.41) is 10.3. The Bertz CT molecular complexity index is 348. The van der Waals surface area contributed by atoms with Gasteiger partial charge in [0.2, 0.25) is 12.1 Å². The molecule has 2 unspecified atom stereocenters. The van der Waals surface area contributed by atoms with E-state index in [1.165, 1.54) is 6.92 Å². The van der Waals surface area contributed by atoms with Crippen molar-refractivity contribution in [2.75, 3.05) is 26.4 Å². The summed E-state index contributed by atoms with van der Waals surface area (Å²) in [5.74, 6) is -2.02. The molecule has 0 spiro atoms. The maximum atomic E-state index is 14.3. The Balaban J connectivity index is 5.30. The Kier molecular flexibility index (Phi) is 8.42. The molecule has 0 aromatic carbocycles. The molecule has 0 aliphatic rings. The van der Waals surface area contributed by atoms with E-state index in [1.54, 1.807) is 20.8 Å². The summed E-state index contributed by atoms with van der Waals surface area (Å²) in [7, 11) is -4.04. The third kappa shape index (κ3) is 4.77. The fourth-order valence-electron chi connectivity index (χ4n) is 1.78. The van der Waals surface area contributed by atoms with Crippen LogP contribution in [0.5, 0.6) is 0 Å². The lowest BCUT2D eigenvalue weighted by Gasteiger charge is -2.37. The molecular weight excluding hydrogens is 292 g/mol. The molecule has 0 aliphatic carbocycles. The van der Waals surface area contributed by atoms with Crippen LogP contribution in [0.25, 0.3) is 0 Å². The summed E-state index contributed by atoms with van der Waals surface area (Å²) >= 11 is 0. The van der Waals surface area contributed by atoms with Crippen molar-refractivity contribution < 1.29 is 27.9 Å². The van der Waals surface area contributed by atoms with Crippen LogP contribution < -0.4 is 0 Å². The van der Waals surface area contributed by atoms with Crippen LogP contribution in [0.15, 0.2) is 0 Å². The fraction of sp³-hybridized carbons (Fsp3) is 1.00. The van der Waals surface area contributed by atoms with Gasteiger partial charge < -0.3 is 14.0 Å². The van der Waals surface area contributed by atoms with Crippen molar-refractivity contribution in [3.63, 3.8) is 0 Å². The molecule has 0 radical (unpaired) electrons. The molecule has 9 heteroatoms. The lowest BCUT2D eigenvalue weighted by Crippen LogP contribution is -2.37. The van der Waals surface area contributed by atoms with Crippen LogP contribution in [-0.4, -0.2) is 42.7 Å². The van der Waals surface area contributed by atoms with E-state index >= 15 is 0 Å². The highest BCUT2D eigenvalue weighted by molar-refractivity contribution is 7.60. The number of nitro groups is 1. The summed E-state index contributed by atoms with van der Waals surface area (Å²) in [4.78, 5) is 9.67. The first-order chi connectivity index (χ1) is 9.27. The minimum Gasteiger partial charge on any atom is -0.342 e. The van der Waals surface area contributed by atoms with Crippen molar-refractivity contribution in [3.05, 3.63) is 10.1 Å². The molecule has 2 atom stereocenters. The molecule has 0 saturated heterocycles. The second-order valence-electron chi connectivity index (χ2n) is 4.06. The highest BCUT2D eigenvalue weighted by Crippen LogP contribution is 2.64. The van der Waals surface area contributed by atoms with Crippen molar-refractivity contribution in [3.8, 4) is 0 Å². The quantitative estimate of drug-likeness (QED) is 0.252. The first kappa shape index (κ1) is 19.4. The van der Waals surface area contributed by atoms with Gasteiger partial charge >= 0.3 is 0 Å². The Morgan fingerprint density at radius 2 is 1.75 bits per heavy atom. The first-order valence-electron chi connectivity index (χ1n) is 6.55. The third-order valence-electron chi connectivity index (χ3n) is 2.63. The zero-order valence-corrected chi connectivity index (χ0v) is 13.2. The van der Waals surface area contributed by atoms with E-state index in [1.807, 2.05) is 0 Å². The maximum absolute atomic E-state index is 14.3. The van der Waals surface area contributed by atoms with Gasteiger partial charge in [-0.15, -0.1) is 0 Å². The molecule has 0 saturated carbocycles. The molecule has 0 aliphatic heterocycles. The van der Waals surface area contributed by atoms with Gasteiger partial charge in [0.25, 0.3) is 7.37 Å². The third-order valence-corrected chi connectivity index (χ3v) is 5.66. The monoisotopic (exact) mass is 315 g/mol. The summed E-state index contributed by atoms with van der Waals surface area (Å²) in [5.41, 5.74) is -1.75. The summed E-state index contributed by atoms with van der Waals surface area (Å²) in [6.07, 6.45) is -0.514. The number of rotatable bonds is 11. The number of halogens is 1. The molecule has 0 N–H and O–H groups in total. The van der Waals surface area contributed by atoms with E-state index in [-0.39, 0.29) is 19.8 Å². The molecule has 120 valence electrons. The second kappa shape index (κ2) is 8.67. The van der Waals surface area contributed by atoms with Gasteiger partial charge in [-0.3, -0.25) is 14.7 Å². The normalized spacial score (nSPS) is 16.6. The molecule has 0 bridgehead atoms. The van der Waals surface area contributed by atoms with Crippen molar-refractivity contribution in [1.29, 1.82) is 0 Å². The molecule has 20 heavy (non-hydrogen) atoms. The van der Waals surface area contributed by atoms with Crippen LogP contribution in [0.1, 0.15) is 34.1 Å². The van der Waals surface area contributed by atoms with Crippen molar-refractivity contribution in [2.24, 2.45) is 0 Å². The van der Waals surface area contributed by atoms with Gasteiger partial charge in [-0.1, -0.05) is 0 Å². The minimum atomic E-state index is -4.04. The van der Waals surface area contributed by atoms with E-state index < -0.39 is 36.7 Å². The minimum absolute atomic E-state index is 0.00804. The largest absolute Gasteiger partial charge is 0.342 e. The van der Waals surface area contributed by atoms with Crippen LogP contribution in [0.3, 0.4) is 0 Å². The smallest absolute Gasteiger partial charge is 0.293 e. The van der Waals surface area contributed by atoms with E-state index in [0.717, 1.165) is 0 Å². The topological polar surface area (TPSA) is 87.9 Å². The highest BCUT2D eigenvalue weighted by atomic mass is 31.2. The number of nitrogens with zero attached hydrogens (tertiary/aromatic N) is 1. The van der Waals surface area contributed by atoms with E-state index in [9.17, 15) is 19.1 Å². The van der Waals surface area contributed by atoms with Gasteiger partial charge in [-0.2, -0.15) is 0 Å². The average Bonchev–Trinajstić information content (AvgIpc) is 2.36. The number of alkyl halides is 1. The fourth-order valence-corrected chi connectivity index (χ4v) is 4.15. The first-order valence-corrected chi connectivity index (χ1v) is 8.24. The summed E-state index contributed by atoms with van der Waals surface area (Å²) in [6.45, 7) is 5.86. The molecule has 0 amide bonds. The lowest BCUT2D eigenvalue weighted by molar-refractivity contribution is -0.481. The van der Waals surface area contributed by atoms with E-state index in [0.29, 0.717) is 0 Å². The molecule has 7 nitrogen and oxygen atoms in total. The Labute approximate surface area is 118 Å². The summed E-state index contributed by atoms with van der Waals surface area (Å²) < 4.78 is 42.8. The van der Waals surface area contributed by atoms with Gasteiger partial charge in [0, 0.05) is 18.1 Å². The van der Waals surface area contributed by atoms with Crippen molar-refractivity contribution in [2.45, 2.75) is 45.6 Å². The Morgan fingerprint density at radius 1 is 1.25 bits per heavy atom. The molecule has 0 fully saturated rings. The zero-order valence-electron chi connectivity index (χ0n) is 12.3. The number of hydrogen-bond donors (Lipinski definition) is 0. The van der Waals surface area contributed by atoms with E-state index in [4.69, 9.17) is 14.0 Å². The highest BCUT2D eigenvalue weighted by Gasteiger charge is 2.54. The van der Waals surface area contributed by atoms with Crippen molar-refractivity contribution >= 4 is 7.37 Å². The average molecular weight is 315 g/mol. The van der Waals surface area contributed by atoms with Gasteiger partial charge in [-0.05, 0) is 27.7 Å². The Hall–Kier alpha value is -0.560. The SMILES string of the molecule is CCOC(C)(OCC)P(=O)(OCC)C(F)CC[N+](=O)[O-].